The molecule has 0 bridgehead atoms. The first-order valence-electron chi connectivity index (χ1n) is 12.4. The highest BCUT2D eigenvalue weighted by Crippen LogP contribution is 2.37. The number of anilines is 4. The van der Waals surface area contributed by atoms with E-state index in [9.17, 15) is 8.42 Å². The van der Waals surface area contributed by atoms with Crippen molar-refractivity contribution >= 4 is 44.6 Å². The smallest absolute Gasteiger partial charge is 0.229 e. The van der Waals surface area contributed by atoms with Gasteiger partial charge in [0.05, 0.1) is 29.4 Å². The summed E-state index contributed by atoms with van der Waals surface area (Å²) in [7, 11) is -1.97. The number of halogens is 1. The number of aryl methyl sites for hydroxylation is 2. The Labute approximate surface area is 223 Å². The molecule has 1 aliphatic rings. The Morgan fingerprint density at radius 2 is 1.95 bits per heavy atom. The first-order valence-corrected chi connectivity index (χ1v) is 14.3. The van der Waals surface area contributed by atoms with Crippen LogP contribution in [0.25, 0.3) is 0 Å². The van der Waals surface area contributed by atoms with E-state index in [1.54, 1.807) is 27.1 Å². The molecule has 12 heteroatoms. The molecule has 0 radical (unpaired) electrons. The molecule has 3 heterocycles. The van der Waals surface area contributed by atoms with Gasteiger partial charge in [0.25, 0.3) is 0 Å². The monoisotopic (exact) mass is 547 g/mol. The van der Waals surface area contributed by atoms with Crippen LogP contribution in [0.1, 0.15) is 50.7 Å². The number of nitrogens with zero attached hydrogens (tertiary/aromatic N) is 4. The van der Waals surface area contributed by atoms with Crippen molar-refractivity contribution in [3.63, 3.8) is 0 Å². The van der Waals surface area contributed by atoms with Crippen LogP contribution in [0.3, 0.4) is 0 Å². The molecule has 1 saturated heterocycles. The normalized spacial score (nSPS) is 14.7. The first-order chi connectivity index (χ1) is 17.6. The van der Waals surface area contributed by atoms with Crippen LogP contribution in [-0.2, 0) is 16.9 Å². The maximum atomic E-state index is 12.8. The minimum atomic E-state index is -3.63. The molecule has 200 valence electrons. The number of rotatable bonds is 9. The summed E-state index contributed by atoms with van der Waals surface area (Å²) < 4.78 is 33.0. The highest BCUT2D eigenvalue weighted by atomic mass is 35.5. The molecule has 3 N–H and O–H groups in total. The second-order valence-electron chi connectivity index (χ2n) is 9.42. The highest BCUT2D eigenvalue weighted by Gasteiger charge is 2.27. The Balaban J connectivity index is 1.64. The summed E-state index contributed by atoms with van der Waals surface area (Å²) >= 11 is 6.38. The largest absolute Gasteiger partial charge is 0.492 e. The molecule has 4 rings (SSSR count). The SMILES string of the molecule is CCOc1cc(C2CCNCC2)c(C)cc1Nc1ncc(Cl)c(Nc2cn(C)nc2S(=O)(=O)C(C)C)n1. The van der Waals surface area contributed by atoms with E-state index in [1.807, 2.05) is 6.92 Å². The van der Waals surface area contributed by atoms with Crippen molar-refractivity contribution in [3.8, 4) is 5.75 Å². The molecule has 1 fully saturated rings. The van der Waals surface area contributed by atoms with Crippen molar-refractivity contribution in [1.29, 1.82) is 0 Å². The third-order valence-corrected chi connectivity index (χ3v) is 8.73. The molecular formula is C25H34ClN7O3S. The van der Waals surface area contributed by atoms with Gasteiger partial charge in [0, 0.05) is 13.2 Å². The lowest BCUT2D eigenvalue weighted by Gasteiger charge is -2.26. The summed E-state index contributed by atoms with van der Waals surface area (Å²) in [6, 6.07) is 4.17. The maximum absolute atomic E-state index is 12.8. The molecule has 0 spiro atoms. The summed E-state index contributed by atoms with van der Waals surface area (Å²) in [6.45, 7) is 9.83. The number of benzene rings is 1. The average Bonchev–Trinajstić information content (AvgIpc) is 3.24. The molecule has 0 amide bonds. The zero-order chi connectivity index (χ0) is 26.7. The second kappa shape index (κ2) is 11.2. The van der Waals surface area contributed by atoms with Gasteiger partial charge < -0.3 is 20.7 Å². The van der Waals surface area contributed by atoms with Crippen molar-refractivity contribution in [3.05, 3.63) is 40.7 Å². The van der Waals surface area contributed by atoms with Gasteiger partial charge in [-0.1, -0.05) is 11.6 Å². The van der Waals surface area contributed by atoms with Crippen LogP contribution in [0, 0.1) is 6.92 Å². The van der Waals surface area contributed by atoms with E-state index in [2.05, 4.69) is 50.1 Å². The average molecular weight is 548 g/mol. The minimum Gasteiger partial charge on any atom is -0.492 e. The molecule has 3 aromatic rings. The van der Waals surface area contributed by atoms with Gasteiger partial charge >= 0.3 is 0 Å². The number of piperidine rings is 1. The fourth-order valence-electron chi connectivity index (χ4n) is 4.40. The Morgan fingerprint density at radius 1 is 1.22 bits per heavy atom. The predicted molar refractivity (Wildman–Crippen MR) is 146 cm³/mol. The molecule has 2 aromatic heterocycles. The number of nitrogens with one attached hydrogen (secondary N) is 3. The summed E-state index contributed by atoms with van der Waals surface area (Å²) in [6.07, 6.45) is 5.23. The van der Waals surface area contributed by atoms with Crippen molar-refractivity contribution in [2.75, 3.05) is 30.3 Å². The van der Waals surface area contributed by atoms with Gasteiger partial charge in [-0.05, 0) is 82.8 Å². The van der Waals surface area contributed by atoms with Gasteiger partial charge in [0.1, 0.15) is 10.8 Å². The van der Waals surface area contributed by atoms with Crippen LogP contribution in [0.2, 0.25) is 5.02 Å². The van der Waals surface area contributed by atoms with Crippen molar-refractivity contribution in [2.24, 2.45) is 7.05 Å². The van der Waals surface area contributed by atoms with Crippen LogP contribution >= 0.6 is 11.6 Å². The standard InChI is InChI=1S/C25H34ClN7O3S/c1-6-36-22-12-18(17-7-9-27-10-8-17)16(4)11-20(22)30-25-28-13-19(26)23(31-25)29-21-14-33(5)32-24(21)37(34,35)15(2)3/h11-15,17,27H,6-10H2,1-5H3,(H2,28,29,30,31). The van der Waals surface area contributed by atoms with E-state index in [1.165, 1.54) is 22.0 Å². The Morgan fingerprint density at radius 3 is 2.62 bits per heavy atom. The number of sulfone groups is 1. The summed E-state index contributed by atoms with van der Waals surface area (Å²) in [4.78, 5) is 8.85. The minimum absolute atomic E-state index is 0.0584. The Hall–Kier alpha value is -2.89. The number of ether oxygens (including phenoxy) is 1. The van der Waals surface area contributed by atoms with E-state index in [-0.39, 0.29) is 15.9 Å². The maximum Gasteiger partial charge on any atom is 0.229 e. The van der Waals surface area contributed by atoms with Crippen LogP contribution in [-0.4, -0.2) is 53.1 Å². The summed E-state index contributed by atoms with van der Waals surface area (Å²) in [5.74, 6) is 1.77. The van der Waals surface area contributed by atoms with Crippen LogP contribution in [0.15, 0.2) is 29.6 Å². The molecule has 0 atom stereocenters. The molecule has 0 saturated carbocycles. The summed E-state index contributed by atoms with van der Waals surface area (Å²) in [5, 5.41) is 13.4. The first kappa shape index (κ1) is 27.2. The van der Waals surface area contributed by atoms with E-state index < -0.39 is 15.1 Å². The highest BCUT2D eigenvalue weighted by molar-refractivity contribution is 7.92. The number of hydrogen-bond acceptors (Lipinski definition) is 9. The fraction of sp³-hybridized carbons (Fsp3) is 0.480. The third-order valence-electron chi connectivity index (χ3n) is 6.38. The molecular weight excluding hydrogens is 514 g/mol. The van der Waals surface area contributed by atoms with E-state index >= 15 is 0 Å². The molecule has 37 heavy (non-hydrogen) atoms. The van der Waals surface area contributed by atoms with Crippen molar-refractivity contribution in [2.45, 2.75) is 56.7 Å². The van der Waals surface area contributed by atoms with E-state index in [0.717, 1.165) is 37.4 Å². The molecule has 1 aliphatic heterocycles. The number of aromatic nitrogens is 4. The van der Waals surface area contributed by atoms with Crippen LogP contribution in [0.4, 0.5) is 23.1 Å². The quantitative estimate of drug-likeness (QED) is 0.349. The third kappa shape index (κ3) is 6.00. The fourth-order valence-corrected chi connectivity index (χ4v) is 5.64. The molecule has 0 aliphatic carbocycles. The van der Waals surface area contributed by atoms with E-state index in [0.29, 0.717) is 24.2 Å². The van der Waals surface area contributed by atoms with Crippen molar-refractivity contribution < 1.29 is 13.2 Å². The van der Waals surface area contributed by atoms with Crippen LogP contribution in [0.5, 0.6) is 5.75 Å². The lowest BCUT2D eigenvalue weighted by atomic mass is 9.87. The van der Waals surface area contributed by atoms with Gasteiger partial charge in [-0.25, -0.2) is 13.4 Å². The summed E-state index contributed by atoms with van der Waals surface area (Å²) in [5.41, 5.74) is 3.50. The van der Waals surface area contributed by atoms with Crippen molar-refractivity contribution in [1.82, 2.24) is 25.1 Å². The molecule has 10 nitrogen and oxygen atoms in total. The Bertz CT molecular complexity index is 1370. The molecule has 1 aromatic carbocycles. The van der Waals surface area contributed by atoms with Gasteiger partial charge in [-0.2, -0.15) is 10.1 Å². The Kier molecular flexibility index (Phi) is 8.25. The topological polar surface area (TPSA) is 123 Å². The second-order valence-corrected chi connectivity index (χ2v) is 12.2. The lowest BCUT2D eigenvalue weighted by Crippen LogP contribution is -2.27. The van der Waals surface area contributed by atoms with Gasteiger partial charge in [-0.3, -0.25) is 4.68 Å². The van der Waals surface area contributed by atoms with Gasteiger partial charge in [0.2, 0.25) is 20.8 Å². The predicted octanol–water partition coefficient (Wildman–Crippen LogP) is 4.71. The number of hydrogen-bond donors (Lipinski definition) is 3. The zero-order valence-electron chi connectivity index (χ0n) is 21.8. The lowest BCUT2D eigenvalue weighted by molar-refractivity contribution is 0.340. The van der Waals surface area contributed by atoms with E-state index in [4.69, 9.17) is 16.3 Å². The van der Waals surface area contributed by atoms with Crippen LogP contribution < -0.4 is 20.7 Å². The van der Waals surface area contributed by atoms with Gasteiger partial charge in [0.15, 0.2) is 5.82 Å². The molecule has 0 unspecified atom stereocenters. The zero-order valence-corrected chi connectivity index (χ0v) is 23.4. The van der Waals surface area contributed by atoms with Gasteiger partial charge in [-0.15, -0.1) is 0 Å².